The molecule has 2 aliphatic rings. The van der Waals surface area contributed by atoms with E-state index >= 15 is 0 Å². The summed E-state index contributed by atoms with van der Waals surface area (Å²) < 4.78 is 5.98. The van der Waals surface area contributed by atoms with Crippen molar-refractivity contribution in [2.75, 3.05) is 16.8 Å². The fourth-order valence-corrected chi connectivity index (χ4v) is 4.40. The Hall–Kier alpha value is -3.00. The third kappa shape index (κ3) is 4.54. The van der Waals surface area contributed by atoms with Crippen molar-refractivity contribution in [1.29, 1.82) is 0 Å². The molecule has 4 rings (SSSR count). The van der Waals surface area contributed by atoms with E-state index in [1.807, 2.05) is 0 Å². The Kier molecular flexibility index (Phi) is 6.18. The first-order valence-electron chi connectivity index (χ1n) is 10.1. The monoisotopic (exact) mass is 484 g/mol. The second-order valence-corrected chi connectivity index (χ2v) is 8.61. The summed E-state index contributed by atoms with van der Waals surface area (Å²) in [5.74, 6) is -2.10. The molecular formula is C23H21BrN2O5. The van der Waals surface area contributed by atoms with Crippen LogP contribution in [0.15, 0.2) is 53.0 Å². The van der Waals surface area contributed by atoms with E-state index in [1.54, 1.807) is 36.4 Å². The van der Waals surface area contributed by atoms with Crippen LogP contribution in [0.2, 0.25) is 0 Å². The highest BCUT2D eigenvalue weighted by Gasteiger charge is 2.48. The van der Waals surface area contributed by atoms with E-state index in [2.05, 4.69) is 21.2 Å². The van der Waals surface area contributed by atoms with Crippen molar-refractivity contribution in [2.24, 2.45) is 11.8 Å². The maximum Gasteiger partial charge on any atom is 0.338 e. The van der Waals surface area contributed by atoms with Gasteiger partial charge < -0.3 is 10.1 Å². The number of anilines is 2. The summed E-state index contributed by atoms with van der Waals surface area (Å²) in [6, 6.07) is 13.2. The number of hydrogen-bond donors (Lipinski definition) is 1. The van der Waals surface area contributed by atoms with Gasteiger partial charge in [0.2, 0.25) is 11.8 Å². The fraction of sp³-hybridized carbons (Fsp3) is 0.304. The number of rotatable bonds is 5. The first-order chi connectivity index (χ1) is 14.9. The second kappa shape index (κ2) is 9.01. The van der Waals surface area contributed by atoms with Gasteiger partial charge in [-0.15, -0.1) is 0 Å². The smallest absolute Gasteiger partial charge is 0.338 e. The van der Waals surface area contributed by atoms with E-state index in [4.69, 9.17) is 4.74 Å². The normalized spacial score (nSPS) is 20.4. The van der Waals surface area contributed by atoms with E-state index in [-0.39, 0.29) is 29.2 Å². The summed E-state index contributed by atoms with van der Waals surface area (Å²) in [6.07, 6.45) is 3.34. The Morgan fingerprint density at radius 3 is 2.29 bits per heavy atom. The predicted octanol–water partition coefficient (Wildman–Crippen LogP) is 3.92. The van der Waals surface area contributed by atoms with Crippen LogP contribution in [0.5, 0.6) is 0 Å². The molecule has 160 valence electrons. The molecule has 1 heterocycles. The molecule has 2 aromatic carbocycles. The predicted molar refractivity (Wildman–Crippen MR) is 117 cm³/mol. The van der Waals surface area contributed by atoms with E-state index < -0.39 is 18.5 Å². The first kappa shape index (κ1) is 21.2. The summed E-state index contributed by atoms with van der Waals surface area (Å²) >= 11 is 3.31. The van der Waals surface area contributed by atoms with Crippen molar-refractivity contribution in [1.82, 2.24) is 0 Å². The summed E-state index contributed by atoms with van der Waals surface area (Å²) in [5, 5.41) is 2.64. The number of ether oxygens (including phenoxy) is 1. The van der Waals surface area contributed by atoms with Gasteiger partial charge in [0, 0.05) is 10.2 Å². The number of amides is 3. The minimum atomic E-state index is -0.704. The van der Waals surface area contributed by atoms with Crippen LogP contribution in [-0.2, 0) is 19.1 Å². The van der Waals surface area contributed by atoms with Crippen LogP contribution in [-0.4, -0.2) is 30.3 Å². The van der Waals surface area contributed by atoms with Crippen LogP contribution in [0.25, 0.3) is 0 Å². The standard InChI is InChI=1S/C23H21BrN2O5/c24-15-8-10-16(11-9-15)25-20(27)13-31-23(30)14-4-3-5-17(12-14)26-21(28)18-6-1-2-7-19(18)22(26)29/h3-5,8-12,18-19H,1-2,6-7,13H2,(H,25,27)/t18-,19-/m1/s1. The Labute approximate surface area is 187 Å². The van der Waals surface area contributed by atoms with Crippen LogP contribution >= 0.6 is 15.9 Å². The lowest BCUT2D eigenvalue weighted by Crippen LogP contribution is -2.31. The Bertz CT molecular complexity index is 1010. The number of esters is 1. The van der Waals surface area contributed by atoms with Gasteiger partial charge in [-0.2, -0.15) is 0 Å². The molecule has 2 atom stereocenters. The average Bonchev–Trinajstić information content (AvgIpc) is 3.04. The zero-order valence-electron chi connectivity index (χ0n) is 16.7. The molecule has 0 bridgehead atoms. The zero-order valence-corrected chi connectivity index (χ0v) is 18.3. The van der Waals surface area contributed by atoms with Crippen molar-refractivity contribution >= 4 is 51.0 Å². The molecule has 0 aromatic heterocycles. The van der Waals surface area contributed by atoms with Crippen LogP contribution in [0, 0.1) is 11.8 Å². The van der Waals surface area contributed by atoms with Crippen LogP contribution in [0.4, 0.5) is 11.4 Å². The van der Waals surface area contributed by atoms with Crippen molar-refractivity contribution < 1.29 is 23.9 Å². The van der Waals surface area contributed by atoms with Crippen molar-refractivity contribution in [3.8, 4) is 0 Å². The lowest BCUT2D eigenvalue weighted by atomic mass is 9.81. The highest BCUT2D eigenvalue weighted by Crippen LogP contribution is 2.40. The van der Waals surface area contributed by atoms with Crippen LogP contribution in [0.3, 0.4) is 0 Å². The molecule has 2 aromatic rings. The molecule has 8 heteroatoms. The minimum Gasteiger partial charge on any atom is -0.452 e. The maximum atomic E-state index is 12.8. The van der Waals surface area contributed by atoms with Gasteiger partial charge in [0.25, 0.3) is 5.91 Å². The summed E-state index contributed by atoms with van der Waals surface area (Å²) in [6.45, 7) is -0.454. The quantitative estimate of drug-likeness (QED) is 0.512. The largest absolute Gasteiger partial charge is 0.452 e. The molecule has 31 heavy (non-hydrogen) atoms. The summed E-state index contributed by atoms with van der Waals surface area (Å²) in [7, 11) is 0. The summed E-state index contributed by atoms with van der Waals surface area (Å²) in [4.78, 5) is 51.2. The third-order valence-electron chi connectivity index (χ3n) is 5.64. The lowest BCUT2D eigenvalue weighted by Gasteiger charge is -2.19. The number of nitrogens with one attached hydrogen (secondary N) is 1. The van der Waals surface area contributed by atoms with Gasteiger partial charge in [0.15, 0.2) is 6.61 Å². The molecule has 0 spiro atoms. The zero-order chi connectivity index (χ0) is 22.0. The number of imide groups is 1. The molecule has 7 nitrogen and oxygen atoms in total. The molecule has 1 saturated carbocycles. The number of carbonyl (C=O) groups excluding carboxylic acids is 4. The molecule has 0 unspecified atom stereocenters. The van der Waals surface area contributed by atoms with Crippen LogP contribution < -0.4 is 10.2 Å². The van der Waals surface area contributed by atoms with Crippen molar-refractivity contribution in [3.05, 3.63) is 58.6 Å². The Morgan fingerprint density at radius 1 is 1.00 bits per heavy atom. The average molecular weight is 485 g/mol. The molecule has 1 aliphatic heterocycles. The minimum absolute atomic E-state index is 0.171. The number of fused-ring (bicyclic) bond motifs is 1. The molecule has 1 saturated heterocycles. The number of nitrogens with zero attached hydrogens (tertiary/aromatic N) is 1. The highest BCUT2D eigenvalue weighted by molar-refractivity contribution is 9.10. The van der Waals surface area contributed by atoms with Crippen molar-refractivity contribution in [3.63, 3.8) is 0 Å². The number of hydrogen-bond acceptors (Lipinski definition) is 5. The Morgan fingerprint density at radius 2 is 1.65 bits per heavy atom. The molecule has 2 fully saturated rings. The maximum absolute atomic E-state index is 12.8. The van der Waals surface area contributed by atoms with Gasteiger partial charge >= 0.3 is 5.97 Å². The number of benzene rings is 2. The third-order valence-corrected chi connectivity index (χ3v) is 6.17. The molecule has 0 radical (unpaired) electrons. The van der Waals surface area contributed by atoms with E-state index in [0.29, 0.717) is 11.4 Å². The van der Waals surface area contributed by atoms with E-state index in [9.17, 15) is 19.2 Å². The summed E-state index contributed by atoms with van der Waals surface area (Å²) in [5.41, 5.74) is 1.11. The molecule has 3 amide bonds. The lowest BCUT2D eigenvalue weighted by molar-refractivity contribution is -0.122. The molecule has 1 aliphatic carbocycles. The van der Waals surface area contributed by atoms with E-state index in [1.165, 1.54) is 17.0 Å². The number of carbonyl (C=O) groups is 4. The Balaban J connectivity index is 1.40. The van der Waals surface area contributed by atoms with Gasteiger partial charge in [-0.25, -0.2) is 4.79 Å². The van der Waals surface area contributed by atoms with Gasteiger partial charge in [0.1, 0.15) is 0 Å². The van der Waals surface area contributed by atoms with E-state index in [0.717, 1.165) is 30.2 Å². The highest BCUT2D eigenvalue weighted by atomic mass is 79.9. The van der Waals surface area contributed by atoms with Gasteiger partial charge in [0.05, 0.1) is 23.1 Å². The van der Waals surface area contributed by atoms with Gasteiger partial charge in [-0.1, -0.05) is 34.8 Å². The van der Waals surface area contributed by atoms with Gasteiger partial charge in [-0.05, 0) is 55.3 Å². The second-order valence-electron chi connectivity index (χ2n) is 7.69. The van der Waals surface area contributed by atoms with Gasteiger partial charge in [-0.3, -0.25) is 19.3 Å². The SMILES string of the molecule is O=C(COC(=O)c1cccc(N2C(=O)[C@@H]3CCCC[C@H]3C2=O)c1)Nc1ccc(Br)cc1. The molecular weight excluding hydrogens is 464 g/mol. The van der Waals surface area contributed by atoms with Crippen LogP contribution in [0.1, 0.15) is 36.0 Å². The topological polar surface area (TPSA) is 92.8 Å². The fourth-order valence-electron chi connectivity index (χ4n) is 4.13. The number of halogens is 1. The van der Waals surface area contributed by atoms with Crippen molar-refractivity contribution in [2.45, 2.75) is 25.7 Å². The first-order valence-corrected chi connectivity index (χ1v) is 10.9. The molecule has 1 N–H and O–H groups in total.